The first-order valence-electron chi connectivity index (χ1n) is 12.2. The van der Waals surface area contributed by atoms with E-state index in [1.807, 2.05) is 37.3 Å². The van der Waals surface area contributed by atoms with Gasteiger partial charge in [0.05, 0.1) is 19.2 Å². The van der Waals surface area contributed by atoms with Crippen molar-refractivity contribution in [2.75, 3.05) is 32.1 Å². The van der Waals surface area contributed by atoms with Gasteiger partial charge in [-0.05, 0) is 42.8 Å². The van der Waals surface area contributed by atoms with Gasteiger partial charge in [-0.15, -0.1) is 0 Å². The highest BCUT2D eigenvalue weighted by molar-refractivity contribution is 5.98. The maximum atomic E-state index is 13.6. The molecule has 2 aromatic carbocycles. The van der Waals surface area contributed by atoms with Crippen molar-refractivity contribution >= 4 is 17.6 Å². The molecular formula is C28H33FN4O4. The van der Waals surface area contributed by atoms with Gasteiger partial charge in [0.15, 0.2) is 0 Å². The van der Waals surface area contributed by atoms with E-state index in [1.54, 1.807) is 31.1 Å². The number of halogens is 1. The first-order valence-corrected chi connectivity index (χ1v) is 12.2. The van der Waals surface area contributed by atoms with E-state index >= 15 is 0 Å². The molecule has 0 aliphatic carbocycles. The molecule has 9 heteroatoms. The molecule has 2 heterocycles. The zero-order valence-electron chi connectivity index (χ0n) is 21.1. The Balaban J connectivity index is 0.00000400. The molecule has 37 heavy (non-hydrogen) atoms. The van der Waals surface area contributed by atoms with Gasteiger partial charge < -0.3 is 25.0 Å². The topological polar surface area (TPSA) is 95.0 Å². The van der Waals surface area contributed by atoms with Crippen LogP contribution in [-0.4, -0.2) is 70.7 Å². The third kappa shape index (κ3) is 6.06. The van der Waals surface area contributed by atoms with Crippen LogP contribution in [0.15, 0.2) is 66.9 Å². The van der Waals surface area contributed by atoms with Crippen LogP contribution >= 0.6 is 0 Å². The van der Waals surface area contributed by atoms with Gasteiger partial charge in [0.25, 0.3) is 5.91 Å². The lowest BCUT2D eigenvalue weighted by atomic mass is 9.99. The fraction of sp³-hybridized carbons (Fsp3) is 0.321. The molecule has 0 saturated carbocycles. The first-order chi connectivity index (χ1) is 17.8. The second-order valence-electron chi connectivity index (χ2n) is 9.38. The third-order valence-electron chi connectivity index (χ3n) is 6.52. The summed E-state index contributed by atoms with van der Waals surface area (Å²) < 4.78 is 19.5. The van der Waals surface area contributed by atoms with Gasteiger partial charge in [0.1, 0.15) is 17.5 Å². The van der Waals surface area contributed by atoms with E-state index in [-0.39, 0.29) is 44.1 Å². The normalized spacial score (nSPS) is 18.2. The van der Waals surface area contributed by atoms with Gasteiger partial charge in [-0.1, -0.05) is 37.3 Å². The molecule has 0 radical (unpaired) electrons. The first kappa shape index (κ1) is 26.1. The molecular weight excluding hydrogens is 475 g/mol. The average Bonchev–Trinajstić information content (AvgIpc) is 2.91. The fourth-order valence-corrected chi connectivity index (χ4v) is 4.21. The number of hydrogen-bond donors (Lipinski definition) is 2. The highest BCUT2D eigenvalue weighted by Gasteiger charge is 2.34. The minimum atomic E-state index is -0.487. The summed E-state index contributed by atoms with van der Waals surface area (Å²) in [4.78, 5) is 34.0. The van der Waals surface area contributed by atoms with Crippen molar-refractivity contribution < 1.29 is 25.2 Å². The highest BCUT2D eigenvalue weighted by Crippen LogP contribution is 2.30. The molecule has 0 spiro atoms. The number of ether oxygens (including phenoxy) is 1. The van der Waals surface area contributed by atoms with E-state index in [4.69, 9.17) is 4.74 Å². The van der Waals surface area contributed by atoms with Crippen LogP contribution in [0.1, 0.15) is 25.6 Å². The summed E-state index contributed by atoms with van der Waals surface area (Å²) in [6.07, 6.45) is 1.18. The van der Waals surface area contributed by atoms with Crippen LogP contribution < -0.4 is 10.1 Å². The number of fused-ring (bicyclic) bond motifs is 1. The molecule has 0 fully saturated rings. The molecule has 196 valence electrons. The van der Waals surface area contributed by atoms with Gasteiger partial charge in [-0.3, -0.25) is 4.79 Å². The van der Waals surface area contributed by atoms with Gasteiger partial charge >= 0.3 is 6.03 Å². The lowest BCUT2D eigenvalue weighted by Gasteiger charge is -2.37. The summed E-state index contributed by atoms with van der Waals surface area (Å²) in [6.45, 7) is 4.08. The van der Waals surface area contributed by atoms with Gasteiger partial charge in [-0.2, -0.15) is 0 Å². The Morgan fingerprint density at radius 1 is 1.24 bits per heavy atom. The zero-order valence-corrected chi connectivity index (χ0v) is 21.1. The number of aromatic nitrogens is 1. The molecule has 3 atom stereocenters. The number of benzene rings is 2. The van der Waals surface area contributed by atoms with Crippen LogP contribution in [0.25, 0.3) is 11.1 Å². The van der Waals surface area contributed by atoms with Crippen molar-refractivity contribution in [3.8, 4) is 17.0 Å². The Bertz CT molecular complexity index is 1250. The Morgan fingerprint density at radius 3 is 2.62 bits per heavy atom. The second-order valence-corrected chi connectivity index (χ2v) is 9.38. The summed E-state index contributed by atoms with van der Waals surface area (Å²) in [6, 6.07) is 16.1. The SMILES string of the molecule is C[C@H](CO)N1C[C@H](C)[C@H](CN(C)C(=O)Nc2ccc(F)cc2)Oc2ncc(-c3ccccc3)cc2C1=O.[HH]. The number of urea groups is 1. The van der Waals surface area contributed by atoms with Crippen LogP contribution in [0.5, 0.6) is 5.88 Å². The molecule has 2 N–H and O–H groups in total. The number of carbonyl (C=O) groups excluding carboxylic acids is 2. The monoisotopic (exact) mass is 508 g/mol. The van der Waals surface area contributed by atoms with E-state index in [0.717, 1.165) is 11.1 Å². The smallest absolute Gasteiger partial charge is 0.321 e. The van der Waals surface area contributed by atoms with Crippen molar-refractivity contribution in [3.05, 3.63) is 78.2 Å². The molecule has 0 unspecified atom stereocenters. The Morgan fingerprint density at radius 2 is 1.95 bits per heavy atom. The maximum absolute atomic E-state index is 13.6. The van der Waals surface area contributed by atoms with Gasteiger partial charge in [-0.25, -0.2) is 14.2 Å². The molecule has 1 aromatic heterocycles. The number of nitrogens with one attached hydrogen (secondary N) is 1. The minimum absolute atomic E-state index is 0. The Labute approximate surface area is 217 Å². The van der Waals surface area contributed by atoms with Crippen molar-refractivity contribution in [3.63, 3.8) is 0 Å². The van der Waals surface area contributed by atoms with E-state index in [2.05, 4.69) is 10.3 Å². The number of pyridine rings is 1. The fourth-order valence-electron chi connectivity index (χ4n) is 4.21. The van der Waals surface area contributed by atoms with Crippen LogP contribution in [0.3, 0.4) is 0 Å². The minimum Gasteiger partial charge on any atom is -0.472 e. The Hall–Kier alpha value is -3.98. The lowest BCUT2D eigenvalue weighted by molar-refractivity contribution is 0.0356. The number of amides is 3. The molecule has 4 rings (SSSR count). The van der Waals surface area contributed by atoms with E-state index in [0.29, 0.717) is 17.8 Å². The second kappa shape index (κ2) is 11.4. The number of nitrogens with zero attached hydrogens (tertiary/aromatic N) is 3. The van der Waals surface area contributed by atoms with E-state index in [9.17, 15) is 19.1 Å². The number of rotatable bonds is 6. The Kier molecular flexibility index (Phi) is 8.03. The number of carbonyl (C=O) groups is 2. The molecule has 8 nitrogen and oxygen atoms in total. The predicted molar refractivity (Wildman–Crippen MR) is 141 cm³/mol. The van der Waals surface area contributed by atoms with E-state index in [1.165, 1.54) is 29.2 Å². The summed E-state index contributed by atoms with van der Waals surface area (Å²) in [5.74, 6) is -0.651. The molecule has 0 bridgehead atoms. The van der Waals surface area contributed by atoms with Crippen LogP contribution in [0, 0.1) is 11.7 Å². The van der Waals surface area contributed by atoms with Gasteiger partial charge in [0.2, 0.25) is 5.88 Å². The molecule has 1 aliphatic heterocycles. The van der Waals surface area contributed by atoms with Crippen LogP contribution in [0.2, 0.25) is 0 Å². The molecule has 3 aromatic rings. The number of likely N-dealkylation sites (N-methyl/N-ethyl adjacent to an activating group) is 1. The van der Waals surface area contributed by atoms with Gasteiger partial charge in [0, 0.05) is 38.4 Å². The predicted octanol–water partition coefficient (Wildman–Crippen LogP) is 4.52. The number of hydrogen-bond acceptors (Lipinski definition) is 5. The molecule has 0 saturated heterocycles. The zero-order chi connectivity index (χ0) is 26.5. The summed E-state index contributed by atoms with van der Waals surface area (Å²) in [7, 11) is 1.64. The lowest BCUT2D eigenvalue weighted by Crippen LogP contribution is -2.50. The van der Waals surface area contributed by atoms with Crippen molar-refractivity contribution in [1.29, 1.82) is 0 Å². The maximum Gasteiger partial charge on any atom is 0.321 e. The average molecular weight is 509 g/mol. The third-order valence-corrected chi connectivity index (χ3v) is 6.52. The van der Waals surface area contributed by atoms with E-state index < -0.39 is 12.1 Å². The largest absolute Gasteiger partial charge is 0.472 e. The summed E-state index contributed by atoms with van der Waals surface area (Å²) in [5.41, 5.74) is 2.46. The highest BCUT2D eigenvalue weighted by atomic mass is 19.1. The number of aliphatic hydroxyl groups is 1. The number of anilines is 1. The standard InChI is InChI=1S/C28H31FN4O4.H2/c1-18-15-33(19(2)17-34)27(35)24-13-21(20-7-5-4-6-8-20)14-30-26(24)37-25(18)16-32(3)28(36)31-23-11-9-22(29)10-12-23;/h4-14,18-19,25,34H,15-17H2,1-3H3,(H,31,36);1H/t18-,19+,25-;/m0./s1. The van der Waals surface area contributed by atoms with Crippen molar-refractivity contribution in [1.82, 2.24) is 14.8 Å². The number of aliphatic hydroxyl groups excluding tert-OH is 1. The van der Waals surface area contributed by atoms with Crippen molar-refractivity contribution in [2.24, 2.45) is 5.92 Å². The van der Waals surface area contributed by atoms with Crippen molar-refractivity contribution in [2.45, 2.75) is 26.0 Å². The summed E-state index contributed by atoms with van der Waals surface area (Å²) in [5, 5.41) is 12.6. The molecule has 1 aliphatic rings. The summed E-state index contributed by atoms with van der Waals surface area (Å²) >= 11 is 0. The quantitative estimate of drug-likeness (QED) is 0.511. The van der Waals surface area contributed by atoms with Crippen LogP contribution in [0.4, 0.5) is 14.9 Å². The van der Waals surface area contributed by atoms with Crippen LogP contribution in [-0.2, 0) is 0 Å². The molecule has 3 amide bonds.